The number of H-pyrrole nitrogens is 1. The third-order valence-corrected chi connectivity index (χ3v) is 5.98. The second-order valence-electron chi connectivity index (χ2n) is 7.55. The molecule has 1 N–H and O–H groups in total. The van der Waals surface area contributed by atoms with E-state index in [0.29, 0.717) is 17.5 Å². The number of rotatable bonds is 5. The van der Waals surface area contributed by atoms with Crippen molar-refractivity contribution in [2.45, 2.75) is 18.5 Å². The Hall–Kier alpha value is -3.76. The van der Waals surface area contributed by atoms with Crippen LogP contribution in [0.25, 0.3) is 10.9 Å². The van der Waals surface area contributed by atoms with E-state index < -0.39 is 29.9 Å². The van der Waals surface area contributed by atoms with E-state index >= 15 is 0 Å². The fraction of sp³-hybridized carbons (Fsp3) is 0.240. The van der Waals surface area contributed by atoms with Crippen LogP contribution in [0.15, 0.2) is 48.5 Å². The van der Waals surface area contributed by atoms with Crippen molar-refractivity contribution in [3.05, 3.63) is 70.9 Å². The Morgan fingerprint density at radius 1 is 1.18 bits per heavy atom. The van der Waals surface area contributed by atoms with E-state index in [1.807, 2.05) is 24.3 Å². The maximum atomic E-state index is 13.0. The quantitative estimate of drug-likeness (QED) is 0.356. The Morgan fingerprint density at radius 2 is 1.91 bits per heavy atom. The molecule has 0 aliphatic carbocycles. The minimum Gasteiger partial charge on any atom is -0.467 e. The zero-order valence-corrected chi connectivity index (χ0v) is 18.6. The van der Waals surface area contributed by atoms with Crippen LogP contribution in [0.4, 0.5) is 0 Å². The molecule has 0 radical (unpaired) electrons. The molecule has 0 bridgehead atoms. The first-order valence-electron chi connectivity index (χ1n) is 10.2. The van der Waals surface area contributed by atoms with Gasteiger partial charge in [-0.25, -0.2) is 9.59 Å². The summed E-state index contributed by atoms with van der Waals surface area (Å²) in [5, 5.41) is 0.971. The highest BCUT2D eigenvalue weighted by molar-refractivity contribution is 6.27. The van der Waals surface area contributed by atoms with Crippen LogP contribution >= 0.6 is 11.6 Å². The molecule has 1 aromatic heterocycles. The number of para-hydroxylation sites is 1. The van der Waals surface area contributed by atoms with Crippen molar-refractivity contribution in [1.82, 2.24) is 9.88 Å². The number of nitrogens with zero attached hydrogens (tertiary/aromatic N) is 1. The van der Waals surface area contributed by atoms with E-state index in [-0.39, 0.29) is 12.5 Å². The molecule has 2 aromatic carbocycles. The molecule has 4 rings (SSSR count). The summed E-state index contributed by atoms with van der Waals surface area (Å²) in [6, 6.07) is 12.9. The molecule has 2 heterocycles. The number of carbonyl (C=O) groups is 3. The van der Waals surface area contributed by atoms with Crippen LogP contribution < -0.4 is 0 Å². The van der Waals surface area contributed by atoms with E-state index in [2.05, 4.69) is 10.9 Å². The fourth-order valence-corrected chi connectivity index (χ4v) is 4.46. The lowest BCUT2D eigenvalue weighted by atomic mass is 9.87. The largest absolute Gasteiger partial charge is 0.467 e. The average Bonchev–Trinajstić information content (AvgIpc) is 3.23. The minimum atomic E-state index is -0.849. The Balaban J connectivity index is 1.86. The van der Waals surface area contributed by atoms with Crippen LogP contribution in [0, 0.1) is 12.3 Å². The van der Waals surface area contributed by atoms with Crippen LogP contribution in [-0.4, -0.2) is 53.4 Å². The average molecular weight is 465 g/mol. The van der Waals surface area contributed by atoms with Crippen molar-refractivity contribution in [1.29, 1.82) is 0 Å². The SMILES string of the molecule is C#CCOC(=O)c1ccc([C@@H]2c3[nH]c4ccccc4c3C[C@H](C(=O)OC)N2C(=O)CCl)cc1. The number of fused-ring (bicyclic) bond motifs is 3. The highest BCUT2D eigenvalue weighted by atomic mass is 35.5. The maximum absolute atomic E-state index is 13.0. The molecular formula is C25H21ClN2O5. The molecule has 1 aliphatic rings. The Labute approximate surface area is 195 Å². The number of aromatic nitrogens is 1. The number of amides is 1. The first-order chi connectivity index (χ1) is 16.0. The van der Waals surface area contributed by atoms with Crippen molar-refractivity contribution in [2.24, 2.45) is 0 Å². The number of methoxy groups -OCH3 is 1. The van der Waals surface area contributed by atoms with E-state index in [1.165, 1.54) is 12.0 Å². The standard InChI is InChI=1S/C25H21ClN2O5/c1-3-12-33-24(30)16-10-8-15(9-11-16)23-22-18(17-6-4-5-7-19(17)27-22)13-20(25(31)32-2)28(23)21(29)14-26/h1,4-11,20,23,27H,12-14H2,2H3/t20-,23-/m1/s1. The number of hydrogen-bond acceptors (Lipinski definition) is 5. The highest BCUT2D eigenvalue weighted by Gasteiger charge is 2.43. The van der Waals surface area contributed by atoms with E-state index in [0.717, 1.165) is 22.2 Å². The Morgan fingerprint density at radius 3 is 2.58 bits per heavy atom. The fourth-order valence-electron chi connectivity index (χ4n) is 4.32. The van der Waals surface area contributed by atoms with Gasteiger partial charge in [-0.05, 0) is 29.3 Å². The van der Waals surface area contributed by atoms with Gasteiger partial charge >= 0.3 is 11.9 Å². The molecule has 8 heteroatoms. The normalized spacial score (nSPS) is 17.2. The topological polar surface area (TPSA) is 88.7 Å². The molecule has 1 amide bonds. The molecule has 168 valence electrons. The van der Waals surface area contributed by atoms with Gasteiger partial charge in [-0.1, -0.05) is 36.3 Å². The molecule has 0 fully saturated rings. The minimum absolute atomic E-state index is 0.125. The number of esters is 2. The van der Waals surface area contributed by atoms with Gasteiger partial charge in [0.05, 0.1) is 18.7 Å². The first-order valence-corrected chi connectivity index (χ1v) is 10.8. The predicted octanol–water partition coefficient (Wildman–Crippen LogP) is 3.21. The first kappa shape index (κ1) is 22.4. The summed E-state index contributed by atoms with van der Waals surface area (Å²) in [6.07, 6.45) is 5.44. The summed E-state index contributed by atoms with van der Waals surface area (Å²) >= 11 is 5.94. The number of hydrogen-bond donors (Lipinski definition) is 1. The summed E-state index contributed by atoms with van der Waals surface area (Å²) in [4.78, 5) is 42.7. The number of nitrogens with one attached hydrogen (secondary N) is 1. The highest BCUT2D eigenvalue weighted by Crippen LogP contribution is 2.41. The Bertz CT molecular complexity index is 1260. The molecule has 1 aliphatic heterocycles. The number of halogens is 1. The van der Waals surface area contributed by atoms with Crippen LogP contribution in [0.5, 0.6) is 0 Å². The predicted molar refractivity (Wildman–Crippen MR) is 123 cm³/mol. The van der Waals surface area contributed by atoms with Gasteiger partial charge in [0.1, 0.15) is 11.9 Å². The summed E-state index contributed by atoms with van der Waals surface area (Å²) in [6.45, 7) is -0.125. The van der Waals surface area contributed by atoms with Gasteiger partial charge < -0.3 is 19.4 Å². The smallest absolute Gasteiger partial charge is 0.339 e. The number of terminal acetylenes is 1. The van der Waals surface area contributed by atoms with Crippen LogP contribution in [0.3, 0.4) is 0 Å². The van der Waals surface area contributed by atoms with Crippen LogP contribution in [0.2, 0.25) is 0 Å². The monoisotopic (exact) mass is 464 g/mol. The van der Waals surface area contributed by atoms with Gasteiger partial charge in [-0.2, -0.15) is 0 Å². The van der Waals surface area contributed by atoms with E-state index in [1.54, 1.807) is 24.3 Å². The van der Waals surface area contributed by atoms with Gasteiger partial charge in [0.2, 0.25) is 5.91 Å². The summed E-state index contributed by atoms with van der Waals surface area (Å²) in [7, 11) is 1.29. The van der Waals surface area contributed by atoms with Gasteiger partial charge in [0, 0.05) is 23.0 Å². The summed E-state index contributed by atoms with van der Waals surface area (Å²) < 4.78 is 10.0. The van der Waals surface area contributed by atoms with Gasteiger partial charge in [0.15, 0.2) is 6.61 Å². The second kappa shape index (κ2) is 9.39. The number of benzene rings is 2. The molecule has 2 atom stereocenters. The number of carbonyl (C=O) groups excluding carboxylic acids is 3. The van der Waals surface area contributed by atoms with Crippen molar-refractivity contribution in [2.75, 3.05) is 19.6 Å². The van der Waals surface area contributed by atoms with Crippen LogP contribution in [0.1, 0.15) is 33.2 Å². The van der Waals surface area contributed by atoms with Gasteiger partial charge in [-0.3, -0.25) is 4.79 Å². The van der Waals surface area contributed by atoms with Crippen molar-refractivity contribution in [3.8, 4) is 12.3 Å². The lowest BCUT2D eigenvalue weighted by Crippen LogP contribution is -2.52. The molecule has 0 saturated carbocycles. The number of ether oxygens (including phenoxy) is 2. The van der Waals surface area contributed by atoms with Crippen LogP contribution in [-0.2, 0) is 25.5 Å². The molecule has 3 aromatic rings. The second-order valence-corrected chi connectivity index (χ2v) is 7.81. The number of aromatic amines is 1. The van der Waals surface area contributed by atoms with Gasteiger partial charge in [0.25, 0.3) is 0 Å². The maximum Gasteiger partial charge on any atom is 0.339 e. The van der Waals surface area contributed by atoms with E-state index in [9.17, 15) is 14.4 Å². The lowest BCUT2D eigenvalue weighted by molar-refractivity contribution is -0.154. The van der Waals surface area contributed by atoms with E-state index in [4.69, 9.17) is 27.5 Å². The third kappa shape index (κ3) is 4.06. The van der Waals surface area contributed by atoms with Crippen molar-refractivity contribution in [3.63, 3.8) is 0 Å². The lowest BCUT2D eigenvalue weighted by Gasteiger charge is -2.40. The molecular weight excluding hydrogens is 444 g/mol. The molecule has 0 unspecified atom stereocenters. The molecule has 0 spiro atoms. The van der Waals surface area contributed by atoms with Crippen molar-refractivity contribution >= 4 is 40.3 Å². The summed E-state index contributed by atoms with van der Waals surface area (Å²) in [5.41, 5.74) is 3.63. The van der Waals surface area contributed by atoms with Gasteiger partial charge in [-0.15, -0.1) is 18.0 Å². The third-order valence-electron chi connectivity index (χ3n) is 5.76. The summed E-state index contributed by atoms with van der Waals surface area (Å²) in [5.74, 6) is 0.484. The zero-order chi connectivity index (χ0) is 23.5. The number of alkyl halides is 1. The molecule has 33 heavy (non-hydrogen) atoms. The zero-order valence-electron chi connectivity index (χ0n) is 17.8. The Kier molecular flexibility index (Phi) is 6.38. The molecule has 7 nitrogen and oxygen atoms in total. The molecule has 0 saturated heterocycles. The van der Waals surface area contributed by atoms with Crippen molar-refractivity contribution < 1.29 is 23.9 Å².